The topological polar surface area (TPSA) is 57.2 Å². The fourth-order valence-electron chi connectivity index (χ4n) is 4.04. The molecule has 0 spiro atoms. The van der Waals surface area contributed by atoms with Crippen molar-refractivity contribution in [1.29, 1.82) is 0 Å². The number of anilines is 1. The largest absolute Gasteiger partial charge is 0.542 e. The lowest BCUT2D eigenvalue weighted by molar-refractivity contribution is -0.119. The quantitative estimate of drug-likeness (QED) is 0.323. The monoisotopic (exact) mass is 454 g/mol. The molecule has 2 aromatic rings. The molecule has 1 aliphatic rings. The van der Waals surface area contributed by atoms with Crippen LogP contribution >= 0.6 is 0 Å². The molecule has 0 unspecified atom stereocenters. The van der Waals surface area contributed by atoms with Crippen LogP contribution in [0.3, 0.4) is 0 Å². The molecule has 1 heterocycles. The molecule has 1 amide bonds. The number of carbonyl (C=O) groups excluding carboxylic acids is 1. The number of rotatable bonds is 7. The van der Waals surface area contributed by atoms with Gasteiger partial charge in [0.2, 0.25) is 0 Å². The second kappa shape index (κ2) is 8.90. The molecule has 2 aromatic carbocycles. The highest BCUT2D eigenvalue weighted by molar-refractivity contribution is 6.49. The van der Waals surface area contributed by atoms with Crippen molar-refractivity contribution < 1.29 is 23.4 Å². The molecule has 6 nitrogen and oxygen atoms in total. The Hall–Kier alpha value is -2.93. The summed E-state index contributed by atoms with van der Waals surface area (Å²) in [5.74, 6) is 2.59. The molecule has 0 aromatic heterocycles. The predicted molar refractivity (Wildman–Crippen MR) is 129 cm³/mol. The molecule has 1 saturated heterocycles. The van der Waals surface area contributed by atoms with Crippen LogP contribution in [0.25, 0.3) is 0 Å². The Balaban J connectivity index is 2.19. The molecule has 1 aliphatic heterocycles. The van der Waals surface area contributed by atoms with E-state index in [4.69, 9.17) is 18.6 Å². The number of ether oxygens (including phenoxy) is 3. The molecule has 171 valence electrons. The minimum absolute atomic E-state index is 0.125. The van der Waals surface area contributed by atoms with E-state index in [0.29, 0.717) is 22.8 Å². The maximum atomic E-state index is 12.9. The van der Waals surface area contributed by atoms with Crippen molar-refractivity contribution in [1.82, 2.24) is 0 Å². The van der Waals surface area contributed by atoms with E-state index >= 15 is 0 Å². The number of benzene rings is 2. The summed E-state index contributed by atoms with van der Waals surface area (Å²) in [5, 5.41) is 0. The third-order valence-electron chi connectivity index (χ3n) is 5.45. The Morgan fingerprint density at radius 2 is 1.53 bits per heavy atom. The van der Waals surface area contributed by atoms with Gasteiger partial charge < -0.3 is 18.6 Å². The lowest BCUT2D eigenvalue weighted by Crippen LogP contribution is -2.49. The first-order valence-electron chi connectivity index (χ1n) is 10.5. The van der Waals surface area contributed by atoms with Gasteiger partial charge in [-0.15, -0.1) is 0 Å². The van der Waals surface area contributed by atoms with E-state index in [1.807, 2.05) is 18.2 Å². The molecule has 7 heteroatoms. The lowest BCUT2D eigenvalue weighted by atomic mass is 9.80. The van der Waals surface area contributed by atoms with Gasteiger partial charge in [-0.3, -0.25) is 9.69 Å². The Morgan fingerprint density at radius 1 is 0.938 bits per heavy atom. The molecular formula is C25H32NO5Si. The van der Waals surface area contributed by atoms with E-state index in [2.05, 4.69) is 40.4 Å². The van der Waals surface area contributed by atoms with E-state index in [1.165, 1.54) is 0 Å². The minimum Gasteiger partial charge on any atom is -0.542 e. The van der Waals surface area contributed by atoms with E-state index in [-0.39, 0.29) is 17.4 Å². The number of hydrogen-bond donors (Lipinski definition) is 0. The van der Waals surface area contributed by atoms with Crippen molar-refractivity contribution in [3.8, 4) is 23.0 Å². The third-order valence-corrected chi connectivity index (χ3v) is 6.06. The maximum Gasteiger partial charge on any atom is 0.274 e. The molecule has 0 aliphatic carbocycles. The van der Waals surface area contributed by atoms with Gasteiger partial charge in [0.05, 0.1) is 27.4 Å². The average molecular weight is 455 g/mol. The van der Waals surface area contributed by atoms with Crippen molar-refractivity contribution in [2.75, 3.05) is 26.2 Å². The summed E-state index contributed by atoms with van der Waals surface area (Å²) in [6, 6.07) is 9.03. The van der Waals surface area contributed by atoms with Gasteiger partial charge >= 0.3 is 0 Å². The highest BCUT2D eigenvalue weighted by Gasteiger charge is 2.45. The number of hydrogen-bond acceptors (Lipinski definition) is 5. The van der Waals surface area contributed by atoms with Gasteiger partial charge in [-0.2, -0.15) is 0 Å². The maximum absolute atomic E-state index is 12.9. The summed E-state index contributed by atoms with van der Waals surface area (Å²) in [5.41, 5.74) is 2.90. The number of methoxy groups -OCH3 is 3. The summed E-state index contributed by atoms with van der Waals surface area (Å²) in [6.45, 7) is 14.7. The Bertz CT molecular complexity index is 1040. The molecule has 1 fully saturated rings. The van der Waals surface area contributed by atoms with Crippen LogP contribution in [-0.4, -0.2) is 36.3 Å². The smallest absolute Gasteiger partial charge is 0.274 e. The molecule has 1 atom stereocenters. The second-order valence-corrected chi connectivity index (χ2v) is 11.0. The van der Waals surface area contributed by atoms with Gasteiger partial charge in [0.25, 0.3) is 14.9 Å². The first-order valence-corrected chi connectivity index (χ1v) is 12.9. The van der Waals surface area contributed by atoms with Crippen LogP contribution in [0.4, 0.5) is 5.69 Å². The first-order chi connectivity index (χ1) is 15.0. The van der Waals surface area contributed by atoms with E-state index < -0.39 is 9.04 Å². The summed E-state index contributed by atoms with van der Waals surface area (Å²) in [7, 11) is 3.74. The Kier molecular flexibility index (Phi) is 6.60. The standard InChI is InChI=1S/C25H32NO5Si/c1-15-22(26(24(15)27)16-10-12-18(28-5)20(14-16)30-7)17-11-13-19(29-6)21(25(2,3)4)23(17)31-32(8)9/h10-14,22H,1H2,2-9H3/t22-/m1/s1. The average Bonchev–Trinajstić information content (AvgIpc) is 2.75. The lowest BCUT2D eigenvalue weighted by Gasteiger charge is -2.44. The molecule has 0 saturated carbocycles. The molecule has 3 rings (SSSR count). The van der Waals surface area contributed by atoms with Gasteiger partial charge in [0, 0.05) is 28.5 Å². The number of carbonyl (C=O) groups is 1. The molecule has 1 radical (unpaired) electrons. The van der Waals surface area contributed by atoms with Gasteiger partial charge in [-0.25, -0.2) is 0 Å². The van der Waals surface area contributed by atoms with E-state index in [1.54, 1.807) is 38.4 Å². The van der Waals surface area contributed by atoms with Crippen LogP contribution < -0.4 is 23.5 Å². The summed E-state index contributed by atoms with van der Waals surface area (Å²) >= 11 is 0. The van der Waals surface area contributed by atoms with Crippen LogP contribution in [0.5, 0.6) is 23.0 Å². The summed E-state index contributed by atoms with van der Waals surface area (Å²) < 4.78 is 22.9. The fourth-order valence-corrected chi connectivity index (χ4v) is 4.67. The number of nitrogens with zero attached hydrogens (tertiary/aromatic N) is 1. The molecule has 0 N–H and O–H groups in total. The van der Waals surface area contributed by atoms with Gasteiger partial charge in [0.15, 0.2) is 11.5 Å². The number of β-lactam (4-membered cyclic amide) rings is 1. The third kappa shape index (κ3) is 4.09. The molecule has 0 bridgehead atoms. The minimum atomic E-state index is -1.09. The zero-order valence-electron chi connectivity index (χ0n) is 20.2. The predicted octanol–water partition coefficient (Wildman–Crippen LogP) is 5.28. The number of amides is 1. The SMILES string of the molecule is C=C1C(=O)N(c2ccc(OC)c(OC)c2)[C@H]1c1ccc(OC)c(C(C)(C)C)c1O[Si](C)C. The van der Waals surface area contributed by atoms with Gasteiger partial charge in [-0.05, 0) is 42.8 Å². The van der Waals surface area contributed by atoms with Crippen molar-refractivity contribution in [3.05, 3.63) is 53.6 Å². The summed E-state index contributed by atoms with van der Waals surface area (Å²) in [4.78, 5) is 14.7. The first kappa shape index (κ1) is 23.7. The van der Waals surface area contributed by atoms with Crippen LogP contribution in [0.1, 0.15) is 37.9 Å². The van der Waals surface area contributed by atoms with E-state index in [0.717, 1.165) is 22.6 Å². The fraction of sp³-hybridized carbons (Fsp3) is 0.400. The zero-order chi connectivity index (χ0) is 23.8. The second-order valence-electron chi connectivity index (χ2n) is 8.96. The van der Waals surface area contributed by atoms with Crippen LogP contribution in [0.2, 0.25) is 13.1 Å². The summed E-state index contributed by atoms with van der Waals surface area (Å²) in [6.07, 6.45) is 0. The van der Waals surface area contributed by atoms with Crippen molar-refractivity contribution in [2.24, 2.45) is 0 Å². The van der Waals surface area contributed by atoms with Crippen LogP contribution in [0, 0.1) is 0 Å². The molecule has 32 heavy (non-hydrogen) atoms. The van der Waals surface area contributed by atoms with Crippen molar-refractivity contribution in [3.63, 3.8) is 0 Å². The zero-order valence-corrected chi connectivity index (χ0v) is 21.2. The van der Waals surface area contributed by atoms with Crippen molar-refractivity contribution in [2.45, 2.75) is 45.3 Å². The van der Waals surface area contributed by atoms with Gasteiger partial charge in [-0.1, -0.05) is 27.4 Å². The van der Waals surface area contributed by atoms with Crippen LogP contribution in [0.15, 0.2) is 42.5 Å². The Morgan fingerprint density at radius 3 is 2.06 bits per heavy atom. The molecular weight excluding hydrogens is 422 g/mol. The van der Waals surface area contributed by atoms with Crippen molar-refractivity contribution >= 4 is 20.6 Å². The highest BCUT2D eigenvalue weighted by atomic mass is 28.3. The Labute approximate surface area is 192 Å². The normalized spacial score (nSPS) is 16.2. The van der Waals surface area contributed by atoms with Gasteiger partial charge in [0.1, 0.15) is 11.5 Å². The van der Waals surface area contributed by atoms with E-state index in [9.17, 15) is 4.79 Å². The van der Waals surface area contributed by atoms with Crippen LogP contribution in [-0.2, 0) is 10.2 Å². The highest BCUT2D eigenvalue weighted by Crippen LogP contribution is 2.51.